The molecule has 1 saturated heterocycles. The number of sulfonamides is 1. The summed E-state index contributed by atoms with van der Waals surface area (Å²) in [4.78, 5) is 14.6. The fraction of sp³-hybridized carbons (Fsp3) is 0.350. The summed E-state index contributed by atoms with van der Waals surface area (Å²) in [6.07, 6.45) is 0. The SMILES string of the molecule is CCS(=O)(=O)Nc1ccc(C(=O)NCc2ccc(N3CCOCC3)cc2)cc1. The van der Waals surface area contributed by atoms with Crippen LogP contribution in [0.4, 0.5) is 11.4 Å². The van der Waals surface area contributed by atoms with Crippen molar-refractivity contribution in [2.75, 3.05) is 41.7 Å². The van der Waals surface area contributed by atoms with E-state index in [2.05, 4.69) is 27.1 Å². The molecule has 2 aromatic rings. The van der Waals surface area contributed by atoms with Gasteiger partial charge < -0.3 is 15.0 Å². The number of ether oxygens (including phenoxy) is 1. The van der Waals surface area contributed by atoms with Gasteiger partial charge in [-0.05, 0) is 48.9 Å². The number of morpholine rings is 1. The van der Waals surface area contributed by atoms with Gasteiger partial charge in [0, 0.05) is 36.6 Å². The predicted octanol–water partition coefficient (Wildman–Crippen LogP) is 2.21. The molecule has 0 bridgehead atoms. The number of anilines is 2. The van der Waals surface area contributed by atoms with E-state index in [9.17, 15) is 13.2 Å². The molecule has 1 aliphatic rings. The standard InChI is InChI=1S/C20H25N3O4S/c1-2-28(25,26)22-18-7-5-17(6-8-18)20(24)21-15-16-3-9-19(10-4-16)23-11-13-27-14-12-23/h3-10,22H,2,11-15H2,1H3,(H,21,24). The van der Waals surface area contributed by atoms with Crippen LogP contribution in [0.5, 0.6) is 0 Å². The number of amides is 1. The van der Waals surface area contributed by atoms with Gasteiger partial charge in [0.2, 0.25) is 10.0 Å². The molecule has 150 valence electrons. The smallest absolute Gasteiger partial charge is 0.251 e. The summed E-state index contributed by atoms with van der Waals surface area (Å²) in [5, 5.41) is 2.88. The molecule has 0 radical (unpaired) electrons. The van der Waals surface area contributed by atoms with Crippen molar-refractivity contribution >= 4 is 27.3 Å². The molecule has 1 amide bonds. The summed E-state index contributed by atoms with van der Waals surface area (Å²) in [7, 11) is -3.32. The van der Waals surface area contributed by atoms with Gasteiger partial charge in [-0.1, -0.05) is 12.1 Å². The Labute approximate surface area is 165 Å². The second-order valence-corrected chi connectivity index (χ2v) is 8.54. The van der Waals surface area contributed by atoms with E-state index < -0.39 is 10.0 Å². The minimum absolute atomic E-state index is 0.000431. The number of hydrogen-bond donors (Lipinski definition) is 2. The van der Waals surface area contributed by atoms with Crippen LogP contribution in [-0.4, -0.2) is 46.4 Å². The summed E-state index contributed by atoms with van der Waals surface area (Å²) in [6, 6.07) is 14.5. The van der Waals surface area contributed by atoms with Crippen molar-refractivity contribution in [3.63, 3.8) is 0 Å². The number of nitrogens with zero attached hydrogens (tertiary/aromatic N) is 1. The van der Waals surface area contributed by atoms with Gasteiger partial charge in [0.05, 0.1) is 19.0 Å². The van der Waals surface area contributed by atoms with Crippen LogP contribution in [0.25, 0.3) is 0 Å². The van der Waals surface area contributed by atoms with Crippen LogP contribution in [-0.2, 0) is 21.3 Å². The van der Waals surface area contributed by atoms with E-state index in [-0.39, 0.29) is 11.7 Å². The van der Waals surface area contributed by atoms with Gasteiger partial charge in [-0.25, -0.2) is 8.42 Å². The Balaban J connectivity index is 1.53. The lowest BCUT2D eigenvalue weighted by molar-refractivity contribution is 0.0951. The first kappa shape index (κ1) is 20.2. The van der Waals surface area contributed by atoms with Gasteiger partial charge in [-0.15, -0.1) is 0 Å². The number of carbonyl (C=O) groups excluding carboxylic acids is 1. The maximum Gasteiger partial charge on any atom is 0.251 e. The van der Waals surface area contributed by atoms with E-state index in [1.165, 1.54) is 0 Å². The molecule has 3 rings (SSSR count). The van der Waals surface area contributed by atoms with Gasteiger partial charge >= 0.3 is 0 Å². The molecule has 1 fully saturated rings. The lowest BCUT2D eigenvalue weighted by Gasteiger charge is -2.28. The fourth-order valence-corrected chi connectivity index (χ4v) is 3.51. The molecule has 0 aliphatic carbocycles. The van der Waals surface area contributed by atoms with Crippen molar-refractivity contribution in [2.45, 2.75) is 13.5 Å². The average Bonchev–Trinajstić information content (AvgIpc) is 2.73. The Morgan fingerprint density at radius 1 is 1.04 bits per heavy atom. The third-order valence-corrected chi connectivity index (χ3v) is 5.87. The van der Waals surface area contributed by atoms with Gasteiger partial charge in [-0.2, -0.15) is 0 Å². The van der Waals surface area contributed by atoms with Crippen molar-refractivity contribution in [1.29, 1.82) is 0 Å². The van der Waals surface area contributed by atoms with E-state index in [0.717, 1.165) is 37.6 Å². The van der Waals surface area contributed by atoms with Crippen molar-refractivity contribution in [2.24, 2.45) is 0 Å². The first-order valence-electron chi connectivity index (χ1n) is 9.27. The lowest BCUT2D eigenvalue weighted by atomic mass is 10.1. The molecule has 7 nitrogen and oxygen atoms in total. The molecule has 1 heterocycles. The maximum atomic E-state index is 12.3. The molecule has 0 aromatic heterocycles. The first-order valence-corrected chi connectivity index (χ1v) is 10.9. The Morgan fingerprint density at radius 2 is 1.68 bits per heavy atom. The van der Waals surface area contributed by atoms with Gasteiger partial charge in [0.15, 0.2) is 0 Å². The van der Waals surface area contributed by atoms with Crippen molar-refractivity contribution in [1.82, 2.24) is 5.32 Å². The van der Waals surface area contributed by atoms with E-state index in [1.54, 1.807) is 31.2 Å². The molecule has 2 N–H and O–H groups in total. The normalized spacial score (nSPS) is 14.5. The summed E-state index contributed by atoms with van der Waals surface area (Å²) >= 11 is 0. The fourth-order valence-electron chi connectivity index (χ4n) is 2.87. The van der Waals surface area contributed by atoms with Crippen LogP contribution >= 0.6 is 0 Å². The molecule has 8 heteroatoms. The van der Waals surface area contributed by atoms with Crippen LogP contribution in [0.15, 0.2) is 48.5 Å². The topological polar surface area (TPSA) is 87.7 Å². The number of rotatable bonds is 7. The Kier molecular flexibility index (Phi) is 6.53. The molecule has 0 atom stereocenters. The molecular weight excluding hydrogens is 378 g/mol. The van der Waals surface area contributed by atoms with Crippen LogP contribution in [0.1, 0.15) is 22.8 Å². The molecule has 0 spiro atoms. The highest BCUT2D eigenvalue weighted by molar-refractivity contribution is 7.92. The Morgan fingerprint density at radius 3 is 2.29 bits per heavy atom. The predicted molar refractivity (Wildman–Crippen MR) is 110 cm³/mol. The second-order valence-electron chi connectivity index (χ2n) is 6.53. The summed E-state index contributed by atoms with van der Waals surface area (Å²) in [5.74, 6) is -0.207. The highest BCUT2D eigenvalue weighted by Crippen LogP contribution is 2.17. The summed E-state index contributed by atoms with van der Waals surface area (Å²) < 4.78 is 31.0. The molecule has 0 saturated carbocycles. The average molecular weight is 404 g/mol. The van der Waals surface area contributed by atoms with Crippen LogP contribution in [0.2, 0.25) is 0 Å². The van der Waals surface area contributed by atoms with E-state index in [4.69, 9.17) is 4.74 Å². The number of carbonyl (C=O) groups is 1. The number of hydrogen-bond acceptors (Lipinski definition) is 5. The molecule has 2 aromatic carbocycles. The first-order chi connectivity index (χ1) is 13.5. The summed E-state index contributed by atoms with van der Waals surface area (Å²) in [5.41, 5.74) is 3.09. The summed E-state index contributed by atoms with van der Waals surface area (Å²) in [6.45, 7) is 5.26. The minimum atomic E-state index is -3.32. The molecule has 1 aliphatic heterocycles. The zero-order valence-electron chi connectivity index (χ0n) is 15.8. The number of nitrogens with one attached hydrogen (secondary N) is 2. The van der Waals surface area contributed by atoms with Crippen LogP contribution in [0, 0.1) is 0 Å². The zero-order valence-corrected chi connectivity index (χ0v) is 16.7. The van der Waals surface area contributed by atoms with Crippen molar-refractivity contribution in [3.8, 4) is 0 Å². The molecule has 28 heavy (non-hydrogen) atoms. The van der Waals surface area contributed by atoms with E-state index >= 15 is 0 Å². The maximum absolute atomic E-state index is 12.3. The highest BCUT2D eigenvalue weighted by atomic mass is 32.2. The van der Waals surface area contributed by atoms with Crippen LogP contribution in [0.3, 0.4) is 0 Å². The van der Waals surface area contributed by atoms with Crippen molar-refractivity contribution in [3.05, 3.63) is 59.7 Å². The monoisotopic (exact) mass is 403 g/mol. The van der Waals surface area contributed by atoms with E-state index in [0.29, 0.717) is 17.8 Å². The molecule has 0 unspecified atom stereocenters. The Bertz CT molecular complexity index is 890. The second kappa shape index (κ2) is 9.07. The van der Waals surface area contributed by atoms with Gasteiger partial charge in [0.25, 0.3) is 5.91 Å². The third kappa shape index (κ3) is 5.46. The zero-order chi connectivity index (χ0) is 20.0. The van der Waals surface area contributed by atoms with E-state index in [1.807, 2.05) is 12.1 Å². The third-order valence-electron chi connectivity index (χ3n) is 4.57. The number of benzene rings is 2. The van der Waals surface area contributed by atoms with Gasteiger partial charge in [0.1, 0.15) is 0 Å². The Hall–Kier alpha value is -2.58. The largest absolute Gasteiger partial charge is 0.378 e. The van der Waals surface area contributed by atoms with Gasteiger partial charge in [-0.3, -0.25) is 9.52 Å². The molecular formula is C20H25N3O4S. The quantitative estimate of drug-likeness (QED) is 0.740. The minimum Gasteiger partial charge on any atom is -0.378 e. The highest BCUT2D eigenvalue weighted by Gasteiger charge is 2.11. The van der Waals surface area contributed by atoms with Crippen molar-refractivity contribution < 1.29 is 17.9 Å². The van der Waals surface area contributed by atoms with Crippen LogP contribution < -0.4 is 14.9 Å². The lowest BCUT2D eigenvalue weighted by Crippen LogP contribution is -2.36.